The molecule has 4 heteroatoms. The van der Waals surface area contributed by atoms with Gasteiger partial charge in [0.05, 0.1) is 6.04 Å². The maximum atomic E-state index is 12.9. The van der Waals surface area contributed by atoms with Gasteiger partial charge in [0.2, 0.25) is 12.2 Å². The smallest absolute Gasteiger partial charge is 0.232 e. The lowest BCUT2D eigenvalue weighted by Gasteiger charge is -2.25. The van der Waals surface area contributed by atoms with Crippen molar-refractivity contribution < 1.29 is 9.37 Å². The topological polar surface area (TPSA) is 44.1 Å². The average Bonchev–Trinajstić information content (AvgIpc) is 3.59. The molecule has 0 bridgehead atoms. The molecule has 0 aliphatic carbocycles. The number of hydrogen-bond acceptors (Lipinski definition) is 2. The Morgan fingerprint density at radius 2 is 0.933 bits per heavy atom. The molecule has 0 aromatic heterocycles. The van der Waals surface area contributed by atoms with E-state index >= 15 is 0 Å². The minimum Gasteiger partial charge on any atom is -0.349 e. The summed E-state index contributed by atoms with van der Waals surface area (Å²) in [7, 11) is 0. The van der Waals surface area contributed by atoms with Crippen LogP contribution in [0.3, 0.4) is 0 Å². The first-order valence-electron chi connectivity index (χ1n) is 20.8. The zero-order valence-electron chi connectivity index (χ0n) is 31.1. The molecule has 0 aromatic rings. The van der Waals surface area contributed by atoms with Crippen LogP contribution in [0.25, 0.3) is 0 Å². The highest BCUT2D eigenvalue weighted by Crippen LogP contribution is 2.17. The highest BCUT2D eigenvalue weighted by Gasteiger charge is 2.26. The number of amides is 1. The second-order valence-corrected chi connectivity index (χ2v) is 14.7. The molecule has 45 heavy (non-hydrogen) atoms. The van der Waals surface area contributed by atoms with Crippen LogP contribution < -0.4 is 10.6 Å². The van der Waals surface area contributed by atoms with Crippen molar-refractivity contribution in [2.45, 2.75) is 238 Å². The summed E-state index contributed by atoms with van der Waals surface area (Å²) < 4.78 is 2.39. The van der Waals surface area contributed by atoms with Crippen LogP contribution in [0, 0.1) is 0 Å². The summed E-state index contributed by atoms with van der Waals surface area (Å²) in [6.07, 6.45) is 45.4. The van der Waals surface area contributed by atoms with Gasteiger partial charge in [-0.2, -0.15) is 0 Å². The van der Waals surface area contributed by atoms with E-state index in [0.717, 1.165) is 25.9 Å². The van der Waals surface area contributed by atoms with E-state index in [1.807, 2.05) is 0 Å². The Morgan fingerprint density at radius 1 is 0.578 bits per heavy atom. The van der Waals surface area contributed by atoms with E-state index in [4.69, 9.17) is 0 Å². The van der Waals surface area contributed by atoms with Crippen molar-refractivity contribution in [2.24, 2.45) is 0 Å². The highest BCUT2D eigenvalue weighted by atomic mass is 16.1. The van der Waals surface area contributed by atoms with Crippen molar-refractivity contribution in [3.63, 3.8) is 0 Å². The minimum atomic E-state index is 0.256. The molecule has 1 heterocycles. The van der Waals surface area contributed by atoms with Crippen molar-refractivity contribution in [3.8, 4) is 0 Å². The maximum absolute atomic E-state index is 12.9. The Kier molecular flexibility index (Phi) is 30.6. The van der Waals surface area contributed by atoms with Gasteiger partial charge in [0.1, 0.15) is 19.1 Å². The summed E-state index contributed by atoms with van der Waals surface area (Å²) in [5.74, 6) is 0.273. The summed E-state index contributed by atoms with van der Waals surface area (Å²) in [6.45, 7) is 8.96. The quantitative estimate of drug-likeness (QED) is 0.0539. The van der Waals surface area contributed by atoms with Crippen LogP contribution in [0.4, 0.5) is 0 Å². The third-order valence-corrected chi connectivity index (χ3v) is 10.3. The van der Waals surface area contributed by atoms with E-state index in [2.05, 4.69) is 42.3 Å². The number of carbonyl (C=O) groups is 1. The van der Waals surface area contributed by atoms with Crippen LogP contribution in [0.2, 0.25) is 0 Å². The molecule has 1 amide bonds. The maximum Gasteiger partial charge on any atom is 0.232 e. The Bertz CT molecular complexity index is 663. The van der Waals surface area contributed by atoms with Crippen LogP contribution in [0.5, 0.6) is 0 Å². The molecule has 4 nitrogen and oxygen atoms in total. The molecule has 0 spiro atoms. The summed E-state index contributed by atoms with van der Waals surface area (Å²) in [6, 6.07) is 0.614. The van der Waals surface area contributed by atoms with Crippen LogP contribution in [0.15, 0.2) is 0 Å². The van der Waals surface area contributed by atoms with Gasteiger partial charge in [-0.05, 0) is 19.8 Å². The van der Waals surface area contributed by atoms with Crippen molar-refractivity contribution >= 4 is 12.2 Å². The first-order valence-corrected chi connectivity index (χ1v) is 20.8. The fourth-order valence-corrected chi connectivity index (χ4v) is 7.10. The molecular weight excluding hydrogens is 550 g/mol. The number of carbonyl (C=O) groups excluding carboxylic acids is 1. The van der Waals surface area contributed by atoms with Gasteiger partial charge < -0.3 is 5.32 Å². The van der Waals surface area contributed by atoms with Crippen molar-refractivity contribution in [1.29, 1.82) is 0 Å². The molecule has 1 aliphatic heterocycles. The Morgan fingerprint density at radius 3 is 1.29 bits per heavy atom. The average molecular weight is 633 g/mol. The lowest BCUT2D eigenvalue weighted by Crippen LogP contribution is -2.47. The van der Waals surface area contributed by atoms with E-state index < -0.39 is 0 Å². The fraction of sp³-hybridized carbons (Fsp3) is 0.951. The molecule has 0 fully saturated rings. The van der Waals surface area contributed by atoms with Gasteiger partial charge in [-0.1, -0.05) is 200 Å². The summed E-state index contributed by atoms with van der Waals surface area (Å²) in [5, 5.41) is 6.82. The van der Waals surface area contributed by atoms with Gasteiger partial charge in [-0.3, -0.25) is 14.7 Å². The minimum absolute atomic E-state index is 0.256. The van der Waals surface area contributed by atoms with Crippen molar-refractivity contribution in [1.82, 2.24) is 10.6 Å². The molecule has 1 aliphatic rings. The number of nitrogens with zero attached hydrogens (tertiary/aromatic N) is 1. The molecule has 2 unspecified atom stereocenters. The zero-order chi connectivity index (χ0) is 32.5. The number of unbranched alkanes of at least 4 members (excludes halogenated alkanes) is 28. The van der Waals surface area contributed by atoms with Crippen molar-refractivity contribution in [2.75, 3.05) is 13.1 Å². The van der Waals surface area contributed by atoms with E-state index in [-0.39, 0.29) is 11.9 Å². The normalized spacial score (nSPS) is 14.3. The third kappa shape index (κ3) is 26.7. The van der Waals surface area contributed by atoms with E-state index in [1.165, 1.54) is 186 Å². The Balaban J connectivity index is 2.06. The predicted molar refractivity (Wildman–Crippen MR) is 200 cm³/mol. The second kappa shape index (κ2) is 32.9. The summed E-state index contributed by atoms with van der Waals surface area (Å²) in [5.41, 5.74) is 0. The molecule has 2 atom stereocenters. The molecule has 1 rings (SSSR count). The monoisotopic (exact) mass is 633 g/mol. The standard InChI is InChI=1S/C41H81N3O/c1-4-6-8-10-12-14-16-18-20-22-24-26-28-30-32-34-40(39(3)44-37-36-42-38-44)43-41(45)35-33-31-29-27-25-23-21-19-17-15-13-11-9-7-5-2/h38-40H,4-37H2,1-3H3,(H,43,45)/p+1. The number of rotatable bonds is 35. The highest BCUT2D eigenvalue weighted by molar-refractivity contribution is 5.76. The SMILES string of the molecule is CCCCCCCCCCCCCCCCCC(=O)NC(CCCCCCCCCCCCCCCCC)C(C)[N+]1=CNCC1. The Hall–Kier alpha value is -1.06. The van der Waals surface area contributed by atoms with Gasteiger partial charge >= 0.3 is 0 Å². The predicted octanol–water partition coefficient (Wildman–Crippen LogP) is 12.0. The molecule has 0 saturated heterocycles. The Labute approximate surface area is 283 Å². The molecular formula is C41H82N3O+. The molecule has 0 aromatic carbocycles. The van der Waals surface area contributed by atoms with Crippen LogP contribution in [-0.4, -0.2) is 42.0 Å². The lowest BCUT2D eigenvalue weighted by atomic mass is 9.99. The van der Waals surface area contributed by atoms with Gasteiger partial charge in [0, 0.05) is 6.42 Å². The molecule has 2 N–H and O–H groups in total. The van der Waals surface area contributed by atoms with Crippen LogP contribution in [-0.2, 0) is 4.79 Å². The lowest BCUT2D eigenvalue weighted by molar-refractivity contribution is -0.553. The van der Waals surface area contributed by atoms with Crippen LogP contribution in [0.1, 0.15) is 226 Å². The van der Waals surface area contributed by atoms with Crippen molar-refractivity contribution in [3.05, 3.63) is 0 Å². The third-order valence-electron chi connectivity index (χ3n) is 10.3. The fourth-order valence-electron chi connectivity index (χ4n) is 7.10. The molecule has 266 valence electrons. The van der Waals surface area contributed by atoms with E-state index in [1.54, 1.807) is 0 Å². The van der Waals surface area contributed by atoms with Gasteiger partial charge in [0.25, 0.3) is 0 Å². The molecule has 0 radical (unpaired) electrons. The van der Waals surface area contributed by atoms with Crippen LogP contribution >= 0.6 is 0 Å². The second-order valence-electron chi connectivity index (χ2n) is 14.7. The largest absolute Gasteiger partial charge is 0.349 e. The first-order chi connectivity index (χ1) is 22.2. The summed E-state index contributed by atoms with van der Waals surface area (Å²) >= 11 is 0. The number of nitrogens with one attached hydrogen (secondary N) is 2. The molecule has 0 saturated carbocycles. The summed E-state index contributed by atoms with van der Waals surface area (Å²) in [4.78, 5) is 12.9. The zero-order valence-corrected chi connectivity index (χ0v) is 31.1. The van der Waals surface area contributed by atoms with E-state index in [9.17, 15) is 4.79 Å². The van der Waals surface area contributed by atoms with Gasteiger partial charge in [0.15, 0.2) is 0 Å². The van der Waals surface area contributed by atoms with E-state index in [0.29, 0.717) is 12.5 Å². The van der Waals surface area contributed by atoms with Gasteiger partial charge in [-0.15, -0.1) is 0 Å². The first kappa shape index (κ1) is 42.0. The van der Waals surface area contributed by atoms with Gasteiger partial charge in [-0.25, -0.2) is 0 Å². The number of hydrogen-bond donors (Lipinski definition) is 2.